The summed E-state index contributed by atoms with van der Waals surface area (Å²) in [5.41, 5.74) is 0.403. The minimum atomic E-state index is -0.954. The van der Waals surface area contributed by atoms with Crippen LogP contribution in [0.4, 0.5) is 16.4 Å². The van der Waals surface area contributed by atoms with Crippen molar-refractivity contribution in [1.29, 1.82) is 5.26 Å². The molecular formula is C25H27N7O3. The van der Waals surface area contributed by atoms with Crippen molar-refractivity contribution in [2.75, 3.05) is 23.4 Å². The number of nitriles is 1. The van der Waals surface area contributed by atoms with Gasteiger partial charge < -0.3 is 4.74 Å². The van der Waals surface area contributed by atoms with E-state index in [1.165, 1.54) is 4.90 Å². The number of hydrogen-bond acceptors (Lipinski definition) is 7. The van der Waals surface area contributed by atoms with Gasteiger partial charge in [-0.1, -0.05) is 0 Å². The number of rotatable bonds is 4. The first-order valence-corrected chi connectivity index (χ1v) is 11.6. The second-order valence-corrected chi connectivity index (χ2v) is 10.1. The molecule has 1 aliphatic carbocycles. The molecule has 2 fully saturated rings. The molecule has 0 aromatic carbocycles. The number of pyridine rings is 1. The zero-order valence-electron chi connectivity index (χ0n) is 20.2. The Morgan fingerprint density at radius 1 is 1.29 bits per heavy atom. The summed E-state index contributed by atoms with van der Waals surface area (Å²) in [6.07, 6.45) is 6.88. The summed E-state index contributed by atoms with van der Waals surface area (Å²) in [7, 11) is 1.60. The summed E-state index contributed by atoms with van der Waals surface area (Å²) in [4.78, 5) is 38.0. The first-order chi connectivity index (χ1) is 16.6. The molecule has 0 bridgehead atoms. The van der Waals surface area contributed by atoms with Crippen LogP contribution in [0.5, 0.6) is 0 Å². The first-order valence-electron chi connectivity index (χ1n) is 11.6. The molecule has 5 rings (SSSR count). The van der Waals surface area contributed by atoms with Crippen LogP contribution >= 0.6 is 0 Å². The molecule has 1 saturated carbocycles. The quantitative estimate of drug-likeness (QED) is 0.565. The van der Waals surface area contributed by atoms with Crippen molar-refractivity contribution in [3.05, 3.63) is 36.8 Å². The highest BCUT2D eigenvalue weighted by molar-refractivity contribution is 6.04. The van der Waals surface area contributed by atoms with E-state index in [1.807, 2.05) is 0 Å². The average Bonchev–Trinajstić information content (AvgIpc) is 3.47. The SMILES string of the molecule is CN(C(=O)OC(C)(C)C)c1ccc(-c2cn3nccc3c(N3CC[C@@](C#N)(C4CC4)C3=O)n2)cn1. The molecule has 10 nitrogen and oxygen atoms in total. The Kier molecular flexibility index (Phi) is 5.24. The van der Waals surface area contributed by atoms with Crippen molar-refractivity contribution >= 4 is 29.2 Å². The molecule has 3 aromatic rings. The molecular weight excluding hydrogens is 446 g/mol. The van der Waals surface area contributed by atoms with E-state index in [0.29, 0.717) is 41.4 Å². The fourth-order valence-electron chi connectivity index (χ4n) is 4.50. The van der Waals surface area contributed by atoms with Crippen LogP contribution in [0.3, 0.4) is 0 Å². The van der Waals surface area contributed by atoms with E-state index in [-0.39, 0.29) is 11.8 Å². The van der Waals surface area contributed by atoms with E-state index in [9.17, 15) is 14.9 Å². The number of aromatic nitrogens is 4. The van der Waals surface area contributed by atoms with E-state index in [0.717, 1.165) is 12.8 Å². The molecule has 0 N–H and O–H groups in total. The second kappa shape index (κ2) is 8.05. The van der Waals surface area contributed by atoms with E-state index in [4.69, 9.17) is 9.72 Å². The summed E-state index contributed by atoms with van der Waals surface area (Å²) >= 11 is 0. The number of hydrogen-bond donors (Lipinski definition) is 0. The standard InChI is InChI=1S/C25H27N7O3/c1-24(2,3)35-23(34)30(4)20-8-5-16(13-27-20)18-14-32-19(9-11-28-32)21(29-18)31-12-10-25(15-26,22(31)33)17-6-7-17/h5,8-9,11,13-14,17H,6-7,10,12H2,1-4H3/t25-/m1/s1. The van der Waals surface area contributed by atoms with Crippen LogP contribution in [-0.4, -0.2) is 50.8 Å². The van der Waals surface area contributed by atoms with Gasteiger partial charge in [-0.15, -0.1) is 0 Å². The van der Waals surface area contributed by atoms with Gasteiger partial charge in [0.1, 0.15) is 22.4 Å². The van der Waals surface area contributed by atoms with E-state index in [2.05, 4.69) is 16.2 Å². The van der Waals surface area contributed by atoms with Gasteiger partial charge in [-0.2, -0.15) is 10.4 Å². The second-order valence-electron chi connectivity index (χ2n) is 10.1. The minimum Gasteiger partial charge on any atom is -0.443 e. The third-order valence-corrected chi connectivity index (χ3v) is 6.51. The van der Waals surface area contributed by atoms with Crippen molar-refractivity contribution in [2.45, 2.75) is 45.6 Å². The number of ether oxygens (including phenoxy) is 1. The smallest absolute Gasteiger partial charge is 0.415 e. The number of carbonyl (C=O) groups is 2. The highest BCUT2D eigenvalue weighted by Gasteiger charge is 2.57. The lowest BCUT2D eigenvalue weighted by atomic mass is 9.83. The van der Waals surface area contributed by atoms with Crippen LogP contribution < -0.4 is 9.80 Å². The Balaban J connectivity index is 1.46. The summed E-state index contributed by atoms with van der Waals surface area (Å²) in [6, 6.07) is 7.65. The fraction of sp³-hybridized carbons (Fsp3) is 0.440. The lowest BCUT2D eigenvalue weighted by molar-refractivity contribution is -0.123. The van der Waals surface area contributed by atoms with Crippen molar-refractivity contribution in [1.82, 2.24) is 19.6 Å². The topological polar surface area (TPSA) is 117 Å². The maximum atomic E-state index is 13.4. The number of amides is 2. The minimum absolute atomic E-state index is 0.132. The number of anilines is 2. The van der Waals surface area contributed by atoms with Crippen LogP contribution in [0, 0.1) is 22.7 Å². The number of carbonyl (C=O) groups excluding carboxylic acids is 2. The molecule has 35 heavy (non-hydrogen) atoms. The Morgan fingerprint density at radius 3 is 2.69 bits per heavy atom. The average molecular weight is 474 g/mol. The molecule has 2 amide bonds. The van der Waals surface area contributed by atoms with Crippen molar-refractivity contribution < 1.29 is 14.3 Å². The predicted octanol–water partition coefficient (Wildman–Crippen LogP) is 3.82. The third-order valence-electron chi connectivity index (χ3n) is 6.51. The van der Waals surface area contributed by atoms with Crippen LogP contribution in [0.15, 0.2) is 36.8 Å². The Morgan fingerprint density at radius 2 is 2.06 bits per heavy atom. The van der Waals surface area contributed by atoms with Crippen LogP contribution in [0.1, 0.15) is 40.0 Å². The molecule has 2 aliphatic rings. The lowest BCUT2D eigenvalue weighted by Crippen LogP contribution is -2.36. The van der Waals surface area contributed by atoms with Crippen LogP contribution in [0.25, 0.3) is 16.8 Å². The maximum absolute atomic E-state index is 13.4. The monoisotopic (exact) mass is 473 g/mol. The molecule has 0 radical (unpaired) electrons. The van der Waals surface area contributed by atoms with Crippen molar-refractivity contribution in [2.24, 2.45) is 11.3 Å². The molecule has 1 saturated heterocycles. The van der Waals surface area contributed by atoms with Gasteiger partial charge in [0.15, 0.2) is 5.82 Å². The van der Waals surface area contributed by atoms with Gasteiger partial charge in [0.25, 0.3) is 0 Å². The fourth-order valence-corrected chi connectivity index (χ4v) is 4.50. The largest absolute Gasteiger partial charge is 0.443 e. The Hall–Kier alpha value is -4.00. The van der Waals surface area contributed by atoms with Crippen molar-refractivity contribution in [3.8, 4) is 17.3 Å². The molecule has 180 valence electrons. The summed E-state index contributed by atoms with van der Waals surface area (Å²) < 4.78 is 7.08. The van der Waals surface area contributed by atoms with Gasteiger partial charge >= 0.3 is 6.09 Å². The molecule has 0 unspecified atom stereocenters. The molecule has 1 atom stereocenters. The normalized spacial score (nSPS) is 20.2. The van der Waals surface area contributed by atoms with Crippen molar-refractivity contribution in [3.63, 3.8) is 0 Å². The predicted molar refractivity (Wildman–Crippen MR) is 129 cm³/mol. The highest BCUT2D eigenvalue weighted by Crippen LogP contribution is 2.52. The highest BCUT2D eigenvalue weighted by atomic mass is 16.6. The molecule has 10 heteroatoms. The third kappa shape index (κ3) is 3.97. The zero-order chi connectivity index (χ0) is 25.0. The molecule has 0 spiro atoms. The zero-order valence-corrected chi connectivity index (χ0v) is 20.2. The summed E-state index contributed by atoms with van der Waals surface area (Å²) in [5.74, 6) is 0.870. The van der Waals surface area contributed by atoms with E-state index in [1.54, 1.807) is 74.0 Å². The van der Waals surface area contributed by atoms with Crippen LogP contribution in [-0.2, 0) is 9.53 Å². The first kappa shape index (κ1) is 22.8. The van der Waals surface area contributed by atoms with E-state index < -0.39 is 17.1 Å². The molecule has 1 aliphatic heterocycles. The summed E-state index contributed by atoms with van der Waals surface area (Å²) in [5, 5.41) is 14.2. The molecule has 4 heterocycles. The van der Waals surface area contributed by atoms with Gasteiger partial charge in [-0.25, -0.2) is 19.3 Å². The van der Waals surface area contributed by atoms with Gasteiger partial charge in [-0.05, 0) is 64.2 Å². The lowest BCUT2D eigenvalue weighted by Gasteiger charge is -2.24. The van der Waals surface area contributed by atoms with Crippen LogP contribution in [0.2, 0.25) is 0 Å². The Labute approximate surface area is 203 Å². The van der Waals surface area contributed by atoms with Gasteiger partial charge in [-0.3, -0.25) is 14.6 Å². The van der Waals surface area contributed by atoms with Gasteiger partial charge in [0.2, 0.25) is 5.91 Å². The van der Waals surface area contributed by atoms with Gasteiger partial charge in [0, 0.05) is 25.4 Å². The summed E-state index contributed by atoms with van der Waals surface area (Å²) in [6.45, 7) is 5.86. The van der Waals surface area contributed by atoms with Gasteiger partial charge in [0.05, 0.1) is 24.2 Å². The Bertz CT molecular complexity index is 1350. The molecule has 3 aromatic heterocycles. The van der Waals surface area contributed by atoms with E-state index >= 15 is 0 Å². The number of fused-ring (bicyclic) bond motifs is 1. The number of nitrogens with zero attached hydrogens (tertiary/aromatic N) is 7. The maximum Gasteiger partial charge on any atom is 0.415 e.